The number of halogens is 1. The topological polar surface area (TPSA) is 94.2 Å². The Morgan fingerprint density at radius 1 is 1.18 bits per heavy atom. The number of Topliss-reactive ketones (excluding diaryl/α,β-unsaturated/α-hetero) is 1. The van der Waals surface area contributed by atoms with Crippen LogP contribution in [0.15, 0.2) is 54.1 Å². The fourth-order valence-electron chi connectivity index (χ4n) is 5.27. The Bertz CT molecular complexity index is 1260. The van der Waals surface area contributed by atoms with Crippen molar-refractivity contribution < 1.29 is 14.3 Å². The van der Waals surface area contributed by atoms with Crippen LogP contribution in [0, 0.1) is 34.0 Å². The second kappa shape index (κ2) is 8.06. The maximum Gasteiger partial charge on any atom is 0.244 e. The molecule has 0 saturated heterocycles. The highest BCUT2D eigenvalue weighted by atomic mass is 35.5. The summed E-state index contributed by atoms with van der Waals surface area (Å²) in [7, 11) is 3.12. The van der Waals surface area contributed by atoms with E-state index in [1.54, 1.807) is 55.6 Å². The van der Waals surface area contributed by atoms with Crippen LogP contribution in [0.3, 0.4) is 0 Å². The van der Waals surface area contributed by atoms with Gasteiger partial charge in [0.25, 0.3) is 0 Å². The number of ketones is 1. The van der Waals surface area contributed by atoms with Crippen molar-refractivity contribution in [1.82, 2.24) is 0 Å². The predicted molar refractivity (Wildman–Crippen MR) is 124 cm³/mol. The SMILES string of the molecule is CCC[C@H]1C=C(C(=O)c2ccc(OC)cc2)[C@]2(C(=O)N(C)c3ccc(Cl)cc32)C1(C#N)C#N. The van der Waals surface area contributed by atoms with Gasteiger partial charge in [0, 0.05) is 40.4 Å². The molecule has 0 aromatic heterocycles. The van der Waals surface area contributed by atoms with Crippen LogP contribution < -0.4 is 9.64 Å². The third-order valence-corrected chi connectivity index (χ3v) is 7.05. The monoisotopic (exact) mass is 459 g/mol. The van der Waals surface area contributed by atoms with E-state index in [0.29, 0.717) is 40.4 Å². The van der Waals surface area contributed by atoms with E-state index in [1.165, 1.54) is 12.0 Å². The molecule has 6 nitrogen and oxygen atoms in total. The van der Waals surface area contributed by atoms with Crippen LogP contribution in [0.25, 0.3) is 0 Å². The van der Waals surface area contributed by atoms with Crippen molar-refractivity contribution in [2.45, 2.75) is 25.2 Å². The first-order valence-electron chi connectivity index (χ1n) is 10.6. The molecule has 0 unspecified atom stereocenters. The van der Waals surface area contributed by atoms with Crippen LogP contribution in [0.4, 0.5) is 5.69 Å². The number of allylic oxidation sites excluding steroid dienone is 1. The number of rotatable bonds is 5. The van der Waals surface area contributed by atoms with Crippen LogP contribution >= 0.6 is 11.6 Å². The van der Waals surface area contributed by atoms with Crippen molar-refractivity contribution >= 4 is 29.0 Å². The van der Waals surface area contributed by atoms with E-state index in [1.807, 2.05) is 6.92 Å². The van der Waals surface area contributed by atoms with Crippen LogP contribution in [-0.4, -0.2) is 25.8 Å². The highest BCUT2D eigenvalue weighted by Gasteiger charge is 2.72. The Morgan fingerprint density at radius 2 is 1.85 bits per heavy atom. The first kappa shape index (κ1) is 22.6. The lowest BCUT2D eigenvalue weighted by Gasteiger charge is -2.37. The Hall–Kier alpha value is -3.61. The number of benzene rings is 2. The molecule has 0 bridgehead atoms. The fourth-order valence-corrected chi connectivity index (χ4v) is 5.45. The summed E-state index contributed by atoms with van der Waals surface area (Å²) in [5.74, 6) is -0.894. The Balaban J connectivity index is 2.05. The minimum Gasteiger partial charge on any atom is -0.497 e. The number of carbonyl (C=O) groups is 2. The zero-order valence-electron chi connectivity index (χ0n) is 18.6. The van der Waals surface area contributed by atoms with Crippen molar-refractivity contribution in [3.05, 3.63) is 70.3 Å². The average Bonchev–Trinajstić information content (AvgIpc) is 3.24. The highest BCUT2D eigenvalue weighted by Crippen LogP contribution is 2.63. The number of hydrogen-bond donors (Lipinski definition) is 0. The molecule has 2 aliphatic rings. The number of nitriles is 2. The van der Waals surface area contributed by atoms with E-state index >= 15 is 0 Å². The van der Waals surface area contributed by atoms with Crippen molar-refractivity contribution in [1.29, 1.82) is 10.5 Å². The second-order valence-corrected chi connectivity index (χ2v) is 8.78. The quantitative estimate of drug-likeness (QED) is 0.596. The molecule has 33 heavy (non-hydrogen) atoms. The molecule has 0 N–H and O–H groups in total. The number of methoxy groups -OCH3 is 1. The van der Waals surface area contributed by atoms with Gasteiger partial charge in [-0.25, -0.2) is 0 Å². The van der Waals surface area contributed by atoms with Gasteiger partial charge in [-0.3, -0.25) is 9.59 Å². The third-order valence-electron chi connectivity index (χ3n) is 6.82. The van der Waals surface area contributed by atoms with Gasteiger partial charge in [-0.15, -0.1) is 0 Å². The van der Waals surface area contributed by atoms with Gasteiger partial charge in [-0.1, -0.05) is 31.0 Å². The molecule has 1 aliphatic carbocycles. The molecular weight excluding hydrogens is 438 g/mol. The van der Waals surface area contributed by atoms with E-state index in [9.17, 15) is 20.1 Å². The number of fused-ring (bicyclic) bond motifs is 2. The molecule has 1 heterocycles. The standard InChI is InChI=1S/C26H22ClN3O3/c1-4-5-17-12-21(23(31)16-6-9-19(33-3)10-7-16)26(25(17,14-28)15-29)20-13-18(27)8-11-22(20)30(2)24(26)32/h6-13,17H,4-5H2,1-3H3/t17-,26+/m0/s1. The van der Waals surface area contributed by atoms with Gasteiger partial charge in [-0.2, -0.15) is 10.5 Å². The molecule has 1 amide bonds. The molecule has 2 aromatic rings. The minimum atomic E-state index is -1.79. The van der Waals surface area contributed by atoms with E-state index in [-0.39, 0.29) is 5.57 Å². The molecule has 4 rings (SSSR count). The zero-order chi connectivity index (χ0) is 24.0. The normalized spacial score (nSPS) is 22.5. The average molecular weight is 460 g/mol. The van der Waals surface area contributed by atoms with Gasteiger partial charge in [-0.05, 0) is 48.9 Å². The molecule has 166 valence electrons. The van der Waals surface area contributed by atoms with E-state index in [4.69, 9.17) is 16.3 Å². The third kappa shape index (κ3) is 2.84. The molecular formula is C26H22ClN3O3. The zero-order valence-corrected chi connectivity index (χ0v) is 19.3. The molecule has 2 aromatic carbocycles. The number of nitrogens with zero attached hydrogens (tertiary/aromatic N) is 3. The van der Waals surface area contributed by atoms with Crippen LogP contribution in [-0.2, 0) is 10.2 Å². The van der Waals surface area contributed by atoms with Crippen molar-refractivity contribution in [2.24, 2.45) is 11.3 Å². The lowest BCUT2D eigenvalue weighted by atomic mass is 9.57. The Labute approximate surface area is 197 Å². The van der Waals surface area contributed by atoms with Crippen LogP contribution in [0.1, 0.15) is 35.7 Å². The molecule has 1 spiro atoms. The first-order valence-corrected chi connectivity index (χ1v) is 11.0. The molecule has 1 aliphatic heterocycles. The lowest BCUT2D eigenvalue weighted by molar-refractivity contribution is -0.123. The summed E-state index contributed by atoms with van der Waals surface area (Å²) >= 11 is 6.32. The van der Waals surface area contributed by atoms with Crippen molar-refractivity contribution in [3.8, 4) is 17.9 Å². The molecule has 0 fully saturated rings. The smallest absolute Gasteiger partial charge is 0.244 e. The van der Waals surface area contributed by atoms with Gasteiger partial charge in [0.15, 0.2) is 11.2 Å². The number of amides is 1. The summed E-state index contributed by atoms with van der Waals surface area (Å²) < 4.78 is 5.19. The summed E-state index contributed by atoms with van der Waals surface area (Å²) in [4.78, 5) is 29.3. The largest absolute Gasteiger partial charge is 0.497 e. The maximum atomic E-state index is 14.0. The van der Waals surface area contributed by atoms with Crippen molar-refractivity contribution in [3.63, 3.8) is 0 Å². The summed E-state index contributed by atoms with van der Waals surface area (Å²) in [6.45, 7) is 1.94. The lowest BCUT2D eigenvalue weighted by Crippen LogP contribution is -2.53. The summed E-state index contributed by atoms with van der Waals surface area (Å²) in [6, 6.07) is 15.9. The van der Waals surface area contributed by atoms with E-state index < -0.39 is 28.4 Å². The highest BCUT2D eigenvalue weighted by molar-refractivity contribution is 6.31. The van der Waals surface area contributed by atoms with Crippen LogP contribution in [0.5, 0.6) is 5.75 Å². The van der Waals surface area contributed by atoms with Gasteiger partial charge in [0.05, 0.1) is 19.2 Å². The summed E-state index contributed by atoms with van der Waals surface area (Å²) in [5.41, 5.74) is -2.13. The number of likely N-dealkylation sites (N-methyl/N-ethyl adjacent to an activating group) is 1. The number of hydrogen-bond acceptors (Lipinski definition) is 5. The van der Waals surface area contributed by atoms with Gasteiger partial charge in [0.2, 0.25) is 5.91 Å². The number of carbonyl (C=O) groups excluding carboxylic acids is 2. The minimum absolute atomic E-state index is 0.145. The van der Waals surface area contributed by atoms with Crippen LogP contribution in [0.2, 0.25) is 5.02 Å². The summed E-state index contributed by atoms with van der Waals surface area (Å²) in [6.07, 6.45) is 2.83. The summed E-state index contributed by atoms with van der Waals surface area (Å²) in [5, 5.41) is 21.2. The van der Waals surface area contributed by atoms with Gasteiger partial charge < -0.3 is 9.64 Å². The Kier molecular flexibility index (Phi) is 5.52. The second-order valence-electron chi connectivity index (χ2n) is 8.34. The van der Waals surface area contributed by atoms with Crippen molar-refractivity contribution in [2.75, 3.05) is 19.1 Å². The van der Waals surface area contributed by atoms with E-state index in [0.717, 1.165) is 0 Å². The van der Waals surface area contributed by atoms with Gasteiger partial charge >= 0.3 is 0 Å². The predicted octanol–water partition coefficient (Wildman–Crippen LogP) is 4.84. The fraction of sp³-hybridized carbons (Fsp3) is 0.308. The molecule has 2 atom stereocenters. The number of anilines is 1. The number of ether oxygens (including phenoxy) is 1. The molecule has 0 radical (unpaired) electrons. The molecule has 0 saturated carbocycles. The Morgan fingerprint density at radius 3 is 2.42 bits per heavy atom. The van der Waals surface area contributed by atoms with Gasteiger partial charge in [0.1, 0.15) is 11.2 Å². The van der Waals surface area contributed by atoms with E-state index in [2.05, 4.69) is 12.1 Å². The molecule has 7 heteroatoms. The first-order chi connectivity index (χ1) is 15.8. The maximum absolute atomic E-state index is 14.0.